The molecule has 0 aliphatic carbocycles. The van der Waals surface area contributed by atoms with E-state index in [2.05, 4.69) is 34.1 Å². The Balaban J connectivity index is 1.59. The number of amides is 1. The number of likely N-dealkylation sites (tertiary alicyclic amines) is 2. The van der Waals surface area contributed by atoms with Gasteiger partial charge in [-0.25, -0.2) is 0 Å². The maximum Gasteiger partial charge on any atom is 0.271 e. The van der Waals surface area contributed by atoms with Gasteiger partial charge in [0.15, 0.2) is 0 Å². The third-order valence-electron chi connectivity index (χ3n) is 5.27. The molecular formula is C16H27N5O. The van der Waals surface area contributed by atoms with E-state index in [-0.39, 0.29) is 5.91 Å². The normalized spacial score (nSPS) is 21.9. The predicted octanol–water partition coefficient (Wildman–Crippen LogP) is 1.04. The molecule has 0 aromatic carbocycles. The number of aromatic nitrogens is 2. The van der Waals surface area contributed by atoms with Crippen molar-refractivity contribution in [2.24, 2.45) is 0 Å². The predicted molar refractivity (Wildman–Crippen MR) is 85.8 cm³/mol. The lowest BCUT2D eigenvalue weighted by molar-refractivity contribution is 0.0390. The molecule has 0 bridgehead atoms. The molecule has 2 aliphatic rings. The average Bonchev–Trinajstić information content (AvgIpc) is 3.16. The number of H-pyrrole nitrogens is 1. The van der Waals surface area contributed by atoms with Gasteiger partial charge in [0.25, 0.3) is 5.91 Å². The summed E-state index contributed by atoms with van der Waals surface area (Å²) in [6, 6.07) is 1.76. The quantitative estimate of drug-likeness (QED) is 0.903. The number of nitrogens with one attached hydrogen (secondary N) is 1. The monoisotopic (exact) mass is 305 g/mol. The van der Waals surface area contributed by atoms with Crippen LogP contribution in [0.1, 0.15) is 36.2 Å². The van der Waals surface area contributed by atoms with Crippen LogP contribution >= 0.6 is 0 Å². The van der Waals surface area contributed by atoms with Crippen molar-refractivity contribution in [2.45, 2.75) is 31.2 Å². The molecule has 2 saturated heterocycles. The summed E-state index contributed by atoms with van der Waals surface area (Å²) < 4.78 is 0. The average molecular weight is 305 g/mol. The van der Waals surface area contributed by atoms with Crippen molar-refractivity contribution in [3.63, 3.8) is 0 Å². The van der Waals surface area contributed by atoms with Crippen LogP contribution < -0.4 is 0 Å². The van der Waals surface area contributed by atoms with Gasteiger partial charge in [-0.15, -0.1) is 0 Å². The molecule has 3 heterocycles. The fraction of sp³-hybridized carbons (Fsp3) is 0.750. The zero-order valence-electron chi connectivity index (χ0n) is 13.7. The van der Waals surface area contributed by atoms with Crippen LogP contribution in [-0.2, 0) is 0 Å². The molecule has 0 atom stereocenters. The zero-order valence-corrected chi connectivity index (χ0v) is 13.7. The van der Waals surface area contributed by atoms with E-state index in [4.69, 9.17) is 0 Å². The van der Waals surface area contributed by atoms with Gasteiger partial charge in [-0.1, -0.05) is 0 Å². The van der Waals surface area contributed by atoms with Crippen LogP contribution in [0, 0.1) is 0 Å². The highest BCUT2D eigenvalue weighted by molar-refractivity contribution is 5.92. The molecule has 0 unspecified atom stereocenters. The zero-order chi connectivity index (χ0) is 15.6. The molecule has 1 amide bonds. The molecule has 0 radical (unpaired) electrons. The topological polar surface area (TPSA) is 55.5 Å². The van der Waals surface area contributed by atoms with Crippen LogP contribution in [0.3, 0.4) is 0 Å². The Bertz CT molecular complexity index is 491. The Hall–Kier alpha value is -1.40. The van der Waals surface area contributed by atoms with E-state index in [9.17, 15) is 4.79 Å². The highest BCUT2D eigenvalue weighted by Crippen LogP contribution is 2.38. The minimum absolute atomic E-state index is 0.0881. The van der Waals surface area contributed by atoms with Gasteiger partial charge in [0.05, 0.1) is 0 Å². The number of hydrogen-bond donors (Lipinski definition) is 1. The van der Waals surface area contributed by atoms with Gasteiger partial charge in [-0.2, -0.15) is 5.10 Å². The third kappa shape index (κ3) is 3.03. The lowest BCUT2D eigenvalue weighted by atomic mass is 9.85. The highest BCUT2D eigenvalue weighted by atomic mass is 16.2. The SMILES string of the molecule is CN(C)CCN1CCCC12CCN(C(=O)c1ccn[nH]1)CC2. The lowest BCUT2D eigenvalue weighted by Gasteiger charge is -2.45. The smallest absolute Gasteiger partial charge is 0.271 e. The summed E-state index contributed by atoms with van der Waals surface area (Å²) in [6.07, 6.45) is 6.41. The molecule has 0 saturated carbocycles. The molecule has 2 fully saturated rings. The molecule has 6 nitrogen and oxygen atoms in total. The largest absolute Gasteiger partial charge is 0.337 e. The van der Waals surface area contributed by atoms with Gasteiger partial charge in [0, 0.05) is 37.9 Å². The Morgan fingerprint density at radius 1 is 1.32 bits per heavy atom. The summed E-state index contributed by atoms with van der Waals surface area (Å²) >= 11 is 0. The van der Waals surface area contributed by atoms with Crippen LogP contribution in [-0.4, -0.2) is 83.2 Å². The van der Waals surface area contributed by atoms with Crippen molar-refractivity contribution in [2.75, 3.05) is 46.8 Å². The number of aromatic amines is 1. The standard InChI is InChI=1S/C16H27N5O/c1-19(2)12-13-21-9-3-5-16(21)6-10-20(11-7-16)15(22)14-4-8-17-18-14/h4,8H,3,5-7,9-13H2,1-2H3,(H,17,18). The molecule has 122 valence electrons. The summed E-state index contributed by atoms with van der Waals surface area (Å²) in [6.45, 7) is 5.18. The third-order valence-corrected chi connectivity index (χ3v) is 5.27. The Labute approximate surface area is 132 Å². The van der Waals surface area contributed by atoms with Crippen LogP contribution in [0.5, 0.6) is 0 Å². The maximum absolute atomic E-state index is 12.4. The van der Waals surface area contributed by atoms with Crippen LogP contribution in [0.2, 0.25) is 0 Å². The first-order chi connectivity index (χ1) is 10.6. The van der Waals surface area contributed by atoms with Crippen LogP contribution in [0.4, 0.5) is 0 Å². The number of piperidine rings is 1. The first-order valence-corrected chi connectivity index (χ1v) is 8.29. The summed E-state index contributed by atoms with van der Waals surface area (Å²) in [5.41, 5.74) is 0.938. The second-order valence-electron chi connectivity index (χ2n) is 6.88. The van der Waals surface area contributed by atoms with E-state index < -0.39 is 0 Å². The Kier molecular flexibility index (Phi) is 4.49. The fourth-order valence-corrected chi connectivity index (χ4v) is 3.90. The van der Waals surface area contributed by atoms with E-state index in [1.165, 1.54) is 19.4 Å². The second-order valence-corrected chi connectivity index (χ2v) is 6.88. The number of nitrogens with zero attached hydrogens (tertiary/aromatic N) is 4. The van der Waals surface area contributed by atoms with Crippen LogP contribution in [0.25, 0.3) is 0 Å². The lowest BCUT2D eigenvalue weighted by Crippen LogP contribution is -2.54. The van der Waals surface area contributed by atoms with Crippen molar-refractivity contribution in [3.8, 4) is 0 Å². The number of hydrogen-bond acceptors (Lipinski definition) is 4. The van der Waals surface area contributed by atoms with Gasteiger partial charge < -0.3 is 9.80 Å². The number of likely N-dealkylation sites (N-methyl/N-ethyl adjacent to an activating group) is 1. The minimum Gasteiger partial charge on any atom is -0.337 e. The molecule has 6 heteroatoms. The second kappa shape index (κ2) is 6.38. The summed E-state index contributed by atoms with van der Waals surface area (Å²) in [5.74, 6) is 0.0881. The molecule has 1 aromatic rings. The van der Waals surface area contributed by atoms with Crippen molar-refractivity contribution >= 4 is 5.91 Å². The van der Waals surface area contributed by atoms with Gasteiger partial charge in [0.2, 0.25) is 0 Å². The molecule has 3 rings (SSSR count). The molecular weight excluding hydrogens is 278 g/mol. The Morgan fingerprint density at radius 2 is 2.09 bits per heavy atom. The van der Waals surface area contributed by atoms with Gasteiger partial charge in [-0.05, 0) is 52.4 Å². The molecule has 1 aromatic heterocycles. The fourth-order valence-electron chi connectivity index (χ4n) is 3.90. The van der Waals surface area contributed by atoms with Gasteiger partial charge in [-0.3, -0.25) is 14.8 Å². The molecule has 2 aliphatic heterocycles. The summed E-state index contributed by atoms with van der Waals surface area (Å²) in [5, 5.41) is 6.66. The van der Waals surface area contributed by atoms with Crippen molar-refractivity contribution in [3.05, 3.63) is 18.0 Å². The number of carbonyl (C=O) groups excluding carboxylic acids is 1. The summed E-state index contributed by atoms with van der Waals surface area (Å²) in [7, 11) is 4.27. The van der Waals surface area contributed by atoms with Crippen LogP contribution in [0.15, 0.2) is 12.3 Å². The Morgan fingerprint density at radius 3 is 2.73 bits per heavy atom. The van der Waals surface area contributed by atoms with E-state index in [0.29, 0.717) is 11.2 Å². The molecule has 1 N–H and O–H groups in total. The van der Waals surface area contributed by atoms with E-state index in [1.54, 1.807) is 12.3 Å². The van der Waals surface area contributed by atoms with E-state index in [0.717, 1.165) is 39.0 Å². The first-order valence-electron chi connectivity index (χ1n) is 8.29. The van der Waals surface area contributed by atoms with E-state index in [1.807, 2.05) is 4.90 Å². The summed E-state index contributed by atoms with van der Waals surface area (Å²) in [4.78, 5) is 19.3. The van der Waals surface area contributed by atoms with Crippen molar-refractivity contribution in [1.82, 2.24) is 24.9 Å². The minimum atomic E-state index is 0.0881. The highest BCUT2D eigenvalue weighted by Gasteiger charge is 2.43. The maximum atomic E-state index is 12.4. The number of rotatable bonds is 4. The number of carbonyl (C=O) groups is 1. The van der Waals surface area contributed by atoms with Gasteiger partial charge in [0.1, 0.15) is 5.69 Å². The first kappa shape index (κ1) is 15.5. The molecule has 1 spiro atoms. The molecule has 22 heavy (non-hydrogen) atoms. The van der Waals surface area contributed by atoms with Crippen molar-refractivity contribution < 1.29 is 4.79 Å². The van der Waals surface area contributed by atoms with Crippen molar-refractivity contribution in [1.29, 1.82) is 0 Å². The van der Waals surface area contributed by atoms with Gasteiger partial charge >= 0.3 is 0 Å². The van der Waals surface area contributed by atoms with E-state index >= 15 is 0 Å².